The van der Waals surface area contributed by atoms with Crippen LogP contribution in [0.1, 0.15) is 40.5 Å². The molecule has 0 aliphatic carbocycles. The average Bonchev–Trinajstić information content (AvgIpc) is 2.67. The maximum atomic E-state index is 12.8. The molecule has 0 aromatic rings. The molecule has 0 bridgehead atoms. The van der Waals surface area contributed by atoms with Crippen molar-refractivity contribution in [2.24, 2.45) is 5.92 Å². The van der Waals surface area contributed by atoms with Crippen molar-refractivity contribution in [1.82, 2.24) is 26.4 Å². The highest BCUT2D eigenvalue weighted by atomic mass is 35.6. The zero-order chi connectivity index (χ0) is 22.9. The molecular formula is C18H32Cl3N5O4. The van der Waals surface area contributed by atoms with Crippen LogP contribution < -0.4 is 21.4 Å². The Morgan fingerprint density at radius 1 is 1.23 bits per heavy atom. The molecule has 1 fully saturated rings. The van der Waals surface area contributed by atoms with E-state index in [2.05, 4.69) is 21.4 Å². The van der Waals surface area contributed by atoms with E-state index in [-0.39, 0.29) is 24.3 Å². The zero-order valence-electron chi connectivity index (χ0n) is 17.8. The molecule has 1 saturated heterocycles. The predicted octanol–water partition coefficient (Wildman–Crippen LogP) is 1.08. The van der Waals surface area contributed by atoms with E-state index in [0.29, 0.717) is 26.1 Å². The van der Waals surface area contributed by atoms with Gasteiger partial charge in [0.2, 0.25) is 9.70 Å². The minimum absolute atomic E-state index is 0.0381. The van der Waals surface area contributed by atoms with Crippen molar-refractivity contribution in [3.05, 3.63) is 0 Å². The van der Waals surface area contributed by atoms with E-state index in [1.165, 1.54) is 5.01 Å². The number of alkyl halides is 3. The van der Waals surface area contributed by atoms with Crippen molar-refractivity contribution < 1.29 is 19.1 Å². The summed E-state index contributed by atoms with van der Waals surface area (Å²) in [6, 6.07) is -1.95. The molecule has 1 aliphatic rings. The molecule has 0 aromatic heterocycles. The maximum Gasteiger partial charge on any atom is 0.325 e. The molecule has 0 unspecified atom stereocenters. The molecule has 174 valence electrons. The third kappa shape index (κ3) is 9.53. The summed E-state index contributed by atoms with van der Waals surface area (Å²) in [4.78, 5) is 37.6. The maximum absolute atomic E-state index is 12.8. The normalized spacial score (nSPS) is 19.3. The van der Waals surface area contributed by atoms with Crippen LogP contribution in [-0.2, 0) is 19.1 Å². The van der Waals surface area contributed by atoms with Crippen molar-refractivity contribution >= 4 is 52.6 Å². The van der Waals surface area contributed by atoms with Gasteiger partial charge in [-0.2, -0.15) is 0 Å². The monoisotopic (exact) mass is 487 g/mol. The average molecular weight is 489 g/mol. The van der Waals surface area contributed by atoms with Gasteiger partial charge in [0.15, 0.2) is 0 Å². The van der Waals surface area contributed by atoms with E-state index < -0.39 is 27.9 Å². The molecule has 0 spiro atoms. The van der Waals surface area contributed by atoms with Crippen LogP contribution >= 0.6 is 34.8 Å². The van der Waals surface area contributed by atoms with Gasteiger partial charge >= 0.3 is 5.97 Å². The molecule has 3 atom stereocenters. The van der Waals surface area contributed by atoms with Crippen LogP contribution in [0, 0.1) is 5.92 Å². The van der Waals surface area contributed by atoms with Gasteiger partial charge in [0, 0.05) is 13.2 Å². The van der Waals surface area contributed by atoms with Crippen LogP contribution in [-0.4, -0.2) is 71.1 Å². The number of esters is 1. The molecule has 9 nitrogen and oxygen atoms in total. The smallest absolute Gasteiger partial charge is 0.325 e. The second-order valence-electron chi connectivity index (χ2n) is 7.47. The summed E-state index contributed by atoms with van der Waals surface area (Å²) >= 11 is 16.8. The number of nitrogens with zero attached hydrogens (tertiary/aromatic N) is 1. The SMILES string of the molecule is CCNCN[C@H](C(=O)N[C@@H](C)C(=O)N1CCC[C@@H](C(=O)OCC(Cl)(Cl)Cl)N1)C(C)C. The highest BCUT2D eigenvalue weighted by molar-refractivity contribution is 6.67. The van der Waals surface area contributed by atoms with Gasteiger partial charge in [0.1, 0.15) is 18.7 Å². The third-order valence-corrected chi connectivity index (χ3v) is 4.82. The van der Waals surface area contributed by atoms with Crippen molar-refractivity contribution in [2.75, 3.05) is 26.4 Å². The van der Waals surface area contributed by atoms with E-state index in [9.17, 15) is 14.4 Å². The predicted molar refractivity (Wildman–Crippen MR) is 117 cm³/mol. The molecule has 2 amide bonds. The Labute approximate surface area is 192 Å². The first kappa shape index (κ1) is 27.2. The van der Waals surface area contributed by atoms with Crippen molar-refractivity contribution in [3.63, 3.8) is 0 Å². The van der Waals surface area contributed by atoms with Gasteiger partial charge in [-0.25, -0.2) is 5.43 Å². The minimum atomic E-state index is -1.70. The van der Waals surface area contributed by atoms with Crippen LogP contribution in [0.15, 0.2) is 0 Å². The van der Waals surface area contributed by atoms with E-state index in [0.717, 1.165) is 6.54 Å². The number of carbonyl (C=O) groups excluding carboxylic acids is 3. The van der Waals surface area contributed by atoms with Gasteiger partial charge in [-0.1, -0.05) is 55.6 Å². The van der Waals surface area contributed by atoms with Crippen LogP contribution in [0.2, 0.25) is 0 Å². The van der Waals surface area contributed by atoms with Gasteiger partial charge in [0.25, 0.3) is 5.91 Å². The van der Waals surface area contributed by atoms with Crippen LogP contribution in [0.25, 0.3) is 0 Å². The number of rotatable bonds is 10. The van der Waals surface area contributed by atoms with E-state index in [1.807, 2.05) is 20.8 Å². The number of halogens is 3. The number of carbonyl (C=O) groups is 3. The van der Waals surface area contributed by atoms with Gasteiger partial charge < -0.3 is 15.4 Å². The van der Waals surface area contributed by atoms with Crippen molar-refractivity contribution in [2.45, 2.75) is 62.5 Å². The molecule has 0 radical (unpaired) electrons. The molecule has 1 heterocycles. The Morgan fingerprint density at radius 3 is 2.47 bits per heavy atom. The molecule has 0 saturated carbocycles. The first-order valence-corrected chi connectivity index (χ1v) is 11.1. The van der Waals surface area contributed by atoms with Gasteiger partial charge in [-0.05, 0) is 32.2 Å². The lowest BCUT2D eigenvalue weighted by atomic mass is 10.0. The second kappa shape index (κ2) is 12.9. The summed E-state index contributed by atoms with van der Waals surface area (Å²) in [5, 5.41) is 10.3. The molecule has 1 rings (SSSR count). The first-order valence-electron chi connectivity index (χ1n) is 10.0. The Morgan fingerprint density at radius 2 is 1.90 bits per heavy atom. The number of hydrogen-bond donors (Lipinski definition) is 4. The molecule has 1 aliphatic heterocycles. The fraction of sp³-hybridized carbons (Fsp3) is 0.833. The molecule has 4 N–H and O–H groups in total. The second-order valence-corrected chi connectivity index (χ2v) is 9.99. The zero-order valence-corrected chi connectivity index (χ0v) is 20.0. The summed E-state index contributed by atoms with van der Waals surface area (Å²) in [5.41, 5.74) is 2.84. The Kier molecular flexibility index (Phi) is 11.7. The fourth-order valence-electron chi connectivity index (χ4n) is 2.91. The van der Waals surface area contributed by atoms with Crippen LogP contribution in [0.3, 0.4) is 0 Å². The summed E-state index contributed by atoms with van der Waals surface area (Å²) in [6.07, 6.45) is 1.07. The summed E-state index contributed by atoms with van der Waals surface area (Å²) in [5.74, 6) is -1.19. The number of ether oxygens (including phenoxy) is 1. The standard InChI is InChI=1S/C18H32Cl3N5O4/c1-5-22-10-23-14(11(2)3)15(27)24-12(4)16(28)26-8-6-7-13(25-26)17(29)30-9-18(19,20)21/h11-14,22-23,25H,5-10H2,1-4H3,(H,24,27)/t12-,13-,14-/m0/s1. The van der Waals surface area contributed by atoms with Gasteiger partial charge in [0.05, 0.1) is 6.04 Å². The van der Waals surface area contributed by atoms with Crippen LogP contribution in [0.5, 0.6) is 0 Å². The highest BCUT2D eigenvalue weighted by Crippen LogP contribution is 2.26. The molecule has 12 heteroatoms. The summed E-state index contributed by atoms with van der Waals surface area (Å²) in [6.45, 7) is 8.71. The van der Waals surface area contributed by atoms with Crippen molar-refractivity contribution in [1.29, 1.82) is 0 Å². The van der Waals surface area contributed by atoms with Gasteiger partial charge in [-0.3, -0.25) is 24.7 Å². The van der Waals surface area contributed by atoms with E-state index in [1.54, 1.807) is 6.92 Å². The Balaban J connectivity index is 2.61. The number of hydrazine groups is 1. The third-order valence-electron chi connectivity index (χ3n) is 4.49. The molecule has 0 aromatic carbocycles. The number of hydrogen-bond acceptors (Lipinski definition) is 7. The van der Waals surface area contributed by atoms with E-state index >= 15 is 0 Å². The topological polar surface area (TPSA) is 112 Å². The lowest BCUT2D eigenvalue weighted by Crippen LogP contribution is -2.61. The number of amides is 2. The highest BCUT2D eigenvalue weighted by Gasteiger charge is 2.33. The molecular weight excluding hydrogens is 457 g/mol. The Hall–Kier alpha value is -0.840. The van der Waals surface area contributed by atoms with Crippen molar-refractivity contribution in [3.8, 4) is 0 Å². The minimum Gasteiger partial charge on any atom is -0.460 e. The summed E-state index contributed by atoms with van der Waals surface area (Å²) in [7, 11) is 0. The van der Waals surface area contributed by atoms with Crippen LogP contribution in [0.4, 0.5) is 0 Å². The quantitative estimate of drug-likeness (QED) is 0.158. The lowest BCUT2D eigenvalue weighted by molar-refractivity contribution is -0.152. The molecule has 30 heavy (non-hydrogen) atoms. The number of nitrogens with one attached hydrogen (secondary N) is 4. The van der Waals surface area contributed by atoms with Gasteiger partial charge in [-0.15, -0.1) is 0 Å². The summed E-state index contributed by atoms with van der Waals surface area (Å²) < 4.78 is 3.28. The lowest BCUT2D eigenvalue weighted by Gasteiger charge is -2.34. The Bertz CT molecular complexity index is 589. The van der Waals surface area contributed by atoms with E-state index in [4.69, 9.17) is 39.5 Å². The largest absolute Gasteiger partial charge is 0.460 e. The first-order chi connectivity index (χ1) is 14.0. The fourth-order valence-corrected chi connectivity index (χ4v) is 3.07.